The number of halogens is 2. The zero-order valence-corrected chi connectivity index (χ0v) is 10.3. The maximum Gasteiger partial charge on any atom is 0.142 e. The minimum atomic E-state index is -0.406. The van der Waals surface area contributed by atoms with Crippen molar-refractivity contribution in [2.24, 2.45) is 5.73 Å². The highest BCUT2D eigenvalue weighted by Gasteiger charge is 2.07. The number of ether oxygens (including phenoxy) is 1. The highest BCUT2D eigenvalue weighted by Crippen LogP contribution is 2.16. The van der Waals surface area contributed by atoms with Crippen molar-refractivity contribution in [1.29, 1.82) is 0 Å². The molecule has 0 saturated carbocycles. The Hall–Kier alpha value is -0.640. The number of rotatable bonds is 5. The average Bonchev–Trinajstić information content (AvgIpc) is 2.21. The van der Waals surface area contributed by atoms with Gasteiger partial charge in [-0.05, 0) is 38.0 Å². The van der Waals surface area contributed by atoms with Crippen LogP contribution in [0.4, 0.5) is 4.39 Å². The van der Waals surface area contributed by atoms with Gasteiger partial charge in [-0.25, -0.2) is 4.39 Å². The van der Waals surface area contributed by atoms with Gasteiger partial charge < -0.3 is 10.5 Å². The Morgan fingerprint density at radius 1 is 1.44 bits per heavy atom. The Balaban J connectivity index is 2.49. The van der Waals surface area contributed by atoms with E-state index in [1.165, 1.54) is 6.07 Å². The molecule has 4 heteroatoms. The standard InChI is InChI=1S/C12H17ClFNO/c1-8(2)16-7-10(15)5-9-3-4-11(13)12(14)6-9/h3-4,6,8,10H,5,7,15H2,1-2H3. The molecule has 0 heterocycles. The fraction of sp³-hybridized carbons (Fsp3) is 0.500. The summed E-state index contributed by atoms with van der Waals surface area (Å²) in [5.41, 5.74) is 6.70. The molecule has 1 atom stereocenters. The summed E-state index contributed by atoms with van der Waals surface area (Å²) in [5.74, 6) is -0.406. The predicted octanol–water partition coefficient (Wildman–Crippen LogP) is 2.77. The van der Waals surface area contributed by atoms with Crippen LogP contribution in [-0.4, -0.2) is 18.8 Å². The summed E-state index contributed by atoms with van der Waals surface area (Å²) >= 11 is 5.59. The lowest BCUT2D eigenvalue weighted by atomic mass is 10.1. The Morgan fingerprint density at radius 3 is 2.69 bits per heavy atom. The van der Waals surface area contributed by atoms with Crippen LogP contribution in [-0.2, 0) is 11.2 Å². The maximum absolute atomic E-state index is 13.1. The van der Waals surface area contributed by atoms with Gasteiger partial charge in [-0.2, -0.15) is 0 Å². The molecule has 1 rings (SSSR count). The molecule has 2 nitrogen and oxygen atoms in total. The summed E-state index contributed by atoms with van der Waals surface area (Å²) < 4.78 is 18.5. The highest BCUT2D eigenvalue weighted by molar-refractivity contribution is 6.30. The zero-order valence-electron chi connectivity index (χ0n) is 9.54. The van der Waals surface area contributed by atoms with E-state index in [0.717, 1.165) is 5.56 Å². The molecule has 0 aliphatic heterocycles. The fourth-order valence-corrected chi connectivity index (χ4v) is 1.46. The lowest BCUT2D eigenvalue weighted by Gasteiger charge is -2.14. The van der Waals surface area contributed by atoms with Crippen LogP contribution in [0.15, 0.2) is 18.2 Å². The molecule has 1 unspecified atom stereocenters. The molecular formula is C12H17ClFNO. The predicted molar refractivity (Wildman–Crippen MR) is 64.2 cm³/mol. The van der Waals surface area contributed by atoms with Crippen molar-refractivity contribution >= 4 is 11.6 Å². The zero-order chi connectivity index (χ0) is 12.1. The van der Waals surface area contributed by atoms with Gasteiger partial charge in [0.15, 0.2) is 0 Å². The molecule has 0 aromatic heterocycles. The van der Waals surface area contributed by atoms with Crippen LogP contribution in [0.5, 0.6) is 0 Å². The van der Waals surface area contributed by atoms with E-state index in [2.05, 4.69) is 0 Å². The van der Waals surface area contributed by atoms with E-state index in [9.17, 15) is 4.39 Å². The van der Waals surface area contributed by atoms with Gasteiger partial charge in [0, 0.05) is 6.04 Å². The van der Waals surface area contributed by atoms with E-state index in [1.807, 2.05) is 13.8 Å². The van der Waals surface area contributed by atoms with Crippen LogP contribution < -0.4 is 5.73 Å². The largest absolute Gasteiger partial charge is 0.377 e. The minimum absolute atomic E-state index is 0.122. The van der Waals surface area contributed by atoms with Crippen LogP contribution >= 0.6 is 11.6 Å². The molecule has 2 N–H and O–H groups in total. The molecule has 0 amide bonds. The topological polar surface area (TPSA) is 35.2 Å². The molecule has 1 aromatic rings. The molecule has 90 valence electrons. The van der Waals surface area contributed by atoms with Crippen molar-refractivity contribution in [3.05, 3.63) is 34.6 Å². The summed E-state index contributed by atoms with van der Waals surface area (Å²) in [6.45, 7) is 4.38. The lowest BCUT2D eigenvalue weighted by Crippen LogP contribution is -2.30. The summed E-state index contributed by atoms with van der Waals surface area (Å²) in [4.78, 5) is 0. The Morgan fingerprint density at radius 2 is 2.12 bits per heavy atom. The molecule has 0 aliphatic rings. The highest BCUT2D eigenvalue weighted by atomic mass is 35.5. The summed E-state index contributed by atoms with van der Waals surface area (Å²) in [6.07, 6.45) is 0.744. The lowest BCUT2D eigenvalue weighted by molar-refractivity contribution is 0.0684. The van der Waals surface area contributed by atoms with Gasteiger partial charge in [0.2, 0.25) is 0 Å². The van der Waals surface area contributed by atoms with E-state index in [1.54, 1.807) is 12.1 Å². The molecule has 0 bridgehead atoms. The molecule has 1 aromatic carbocycles. The molecule has 0 radical (unpaired) electrons. The summed E-state index contributed by atoms with van der Waals surface area (Å²) in [5, 5.41) is 0.135. The third kappa shape index (κ3) is 4.47. The Bertz CT molecular complexity index is 344. The second kappa shape index (κ2) is 6.18. The van der Waals surface area contributed by atoms with Crippen molar-refractivity contribution in [3.63, 3.8) is 0 Å². The fourth-order valence-electron chi connectivity index (χ4n) is 1.34. The van der Waals surface area contributed by atoms with E-state index in [0.29, 0.717) is 13.0 Å². The smallest absolute Gasteiger partial charge is 0.142 e. The van der Waals surface area contributed by atoms with Crippen molar-refractivity contribution < 1.29 is 9.13 Å². The van der Waals surface area contributed by atoms with Gasteiger partial charge >= 0.3 is 0 Å². The number of benzene rings is 1. The van der Waals surface area contributed by atoms with Gasteiger partial charge in [0.25, 0.3) is 0 Å². The SMILES string of the molecule is CC(C)OCC(N)Cc1ccc(Cl)c(F)c1. The van der Waals surface area contributed by atoms with Gasteiger partial charge in [0.1, 0.15) is 5.82 Å². The molecule has 0 saturated heterocycles. The normalized spacial score (nSPS) is 13.1. The van der Waals surface area contributed by atoms with Crippen LogP contribution in [0, 0.1) is 5.82 Å². The molecule has 0 aliphatic carbocycles. The van der Waals surface area contributed by atoms with Crippen LogP contribution in [0.25, 0.3) is 0 Å². The third-order valence-electron chi connectivity index (χ3n) is 2.13. The Kier molecular flexibility index (Phi) is 5.19. The summed E-state index contributed by atoms with van der Waals surface area (Å²) in [6, 6.07) is 4.61. The van der Waals surface area contributed by atoms with Crippen molar-refractivity contribution in [1.82, 2.24) is 0 Å². The first kappa shape index (κ1) is 13.4. The first-order valence-corrected chi connectivity index (χ1v) is 5.68. The van der Waals surface area contributed by atoms with Gasteiger partial charge in [-0.3, -0.25) is 0 Å². The van der Waals surface area contributed by atoms with E-state index in [4.69, 9.17) is 22.1 Å². The van der Waals surface area contributed by atoms with Gasteiger partial charge in [-0.15, -0.1) is 0 Å². The van der Waals surface area contributed by atoms with Crippen LogP contribution in [0.1, 0.15) is 19.4 Å². The van der Waals surface area contributed by atoms with Crippen LogP contribution in [0.3, 0.4) is 0 Å². The first-order chi connectivity index (χ1) is 7.49. The number of hydrogen-bond donors (Lipinski definition) is 1. The minimum Gasteiger partial charge on any atom is -0.377 e. The number of hydrogen-bond acceptors (Lipinski definition) is 2. The quantitative estimate of drug-likeness (QED) is 0.866. The second-order valence-corrected chi connectivity index (χ2v) is 4.50. The Labute approximate surface area is 101 Å². The van der Waals surface area contributed by atoms with Gasteiger partial charge in [0.05, 0.1) is 17.7 Å². The van der Waals surface area contributed by atoms with E-state index in [-0.39, 0.29) is 17.2 Å². The molecule has 0 fully saturated rings. The monoisotopic (exact) mass is 245 g/mol. The van der Waals surface area contributed by atoms with E-state index >= 15 is 0 Å². The average molecular weight is 246 g/mol. The second-order valence-electron chi connectivity index (χ2n) is 4.09. The molecular weight excluding hydrogens is 229 g/mol. The first-order valence-electron chi connectivity index (χ1n) is 5.30. The third-order valence-corrected chi connectivity index (χ3v) is 2.43. The van der Waals surface area contributed by atoms with Crippen molar-refractivity contribution in [2.75, 3.05) is 6.61 Å². The van der Waals surface area contributed by atoms with Crippen molar-refractivity contribution in [2.45, 2.75) is 32.4 Å². The summed E-state index contributed by atoms with van der Waals surface area (Å²) in [7, 11) is 0. The number of nitrogens with two attached hydrogens (primary N) is 1. The van der Waals surface area contributed by atoms with Crippen LogP contribution in [0.2, 0.25) is 5.02 Å². The van der Waals surface area contributed by atoms with E-state index < -0.39 is 5.82 Å². The van der Waals surface area contributed by atoms with Gasteiger partial charge in [-0.1, -0.05) is 17.7 Å². The van der Waals surface area contributed by atoms with Crippen molar-refractivity contribution in [3.8, 4) is 0 Å². The molecule has 0 spiro atoms. The maximum atomic E-state index is 13.1. The molecule has 16 heavy (non-hydrogen) atoms.